The molecule has 0 aromatic carbocycles. The van der Waals surface area contributed by atoms with Gasteiger partial charge in [0.1, 0.15) is 6.10 Å². The first-order valence-corrected chi connectivity index (χ1v) is 7.89. The molecule has 0 unspecified atom stereocenters. The Morgan fingerprint density at radius 3 is 2.92 bits per heavy atom. The Bertz CT molecular complexity index is 709. The lowest BCUT2D eigenvalue weighted by atomic mass is 9.82. The van der Waals surface area contributed by atoms with Gasteiger partial charge in [0, 0.05) is 18.0 Å². The van der Waals surface area contributed by atoms with Crippen molar-refractivity contribution in [3.63, 3.8) is 0 Å². The maximum Gasteiger partial charge on any atom is 0.388 e. The summed E-state index contributed by atoms with van der Waals surface area (Å²) >= 11 is 0. The van der Waals surface area contributed by atoms with Crippen LogP contribution in [0.5, 0.6) is 11.8 Å². The van der Waals surface area contributed by atoms with Crippen molar-refractivity contribution in [1.82, 2.24) is 25.5 Å². The molecule has 0 radical (unpaired) electrons. The molecule has 136 valence electrons. The highest BCUT2D eigenvalue weighted by Crippen LogP contribution is 2.29. The van der Waals surface area contributed by atoms with Gasteiger partial charge in [-0.25, -0.2) is 5.10 Å². The summed E-state index contributed by atoms with van der Waals surface area (Å²) in [7, 11) is 0. The van der Waals surface area contributed by atoms with Crippen LogP contribution in [0.2, 0.25) is 0 Å². The summed E-state index contributed by atoms with van der Waals surface area (Å²) in [6.45, 7) is 3.10. The molecule has 0 bridgehead atoms. The summed E-state index contributed by atoms with van der Waals surface area (Å²) < 4.78 is 34.5. The number of aromatic nitrogens is 4. The standard InChI is InChI=1S/C15H20F2N6O2/c1-15(2)8-18-4-3-9(15)24-13-7-19-6-11(21-13)20-10-5-12(23-22-10)25-14(16)17/h5-7,9,14,18H,3-4,8H2,1-2H3,(H2,20,21,22,23)/t9-/m0/s1. The van der Waals surface area contributed by atoms with Crippen LogP contribution in [0, 0.1) is 5.41 Å². The normalized spacial score (nSPS) is 19.6. The van der Waals surface area contributed by atoms with Gasteiger partial charge in [-0.15, -0.1) is 0 Å². The van der Waals surface area contributed by atoms with Gasteiger partial charge in [0.15, 0.2) is 11.6 Å². The molecule has 0 amide bonds. The van der Waals surface area contributed by atoms with Crippen LogP contribution in [0.1, 0.15) is 20.3 Å². The molecule has 8 nitrogen and oxygen atoms in total. The van der Waals surface area contributed by atoms with E-state index in [-0.39, 0.29) is 23.2 Å². The van der Waals surface area contributed by atoms with Crippen LogP contribution in [0.25, 0.3) is 0 Å². The predicted octanol–water partition coefficient (Wildman–Crippen LogP) is 2.31. The van der Waals surface area contributed by atoms with E-state index in [1.807, 2.05) is 0 Å². The van der Waals surface area contributed by atoms with Crippen molar-refractivity contribution < 1.29 is 18.3 Å². The van der Waals surface area contributed by atoms with Crippen molar-refractivity contribution in [3.8, 4) is 11.8 Å². The molecule has 3 N–H and O–H groups in total. The molecule has 1 aliphatic heterocycles. The number of ether oxygens (including phenoxy) is 2. The maximum atomic E-state index is 12.2. The van der Waals surface area contributed by atoms with Crippen molar-refractivity contribution >= 4 is 11.6 Å². The second-order valence-electron chi connectivity index (χ2n) is 6.42. The maximum absolute atomic E-state index is 12.2. The molecule has 0 aliphatic carbocycles. The average Bonchev–Trinajstić information content (AvgIpc) is 2.96. The highest BCUT2D eigenvalue weighted by atomic mass is 19.3. The van der Waals surface area contributed by atoms with Gasteiger partial charge in [-0.2, -0.15) is 18.9 Å². The predicted molar refractivity (Wildman–Crippen MR) is 86.2 cm³/mol. The minimum Gasteiger partial charge on any atom is -0.473 e. The van der Waals surface area contributed by atoms with Gasteiger partial charge in [-0.3, -0.25) is 4.98 Å². The second kappa shape index (κ2) is 7.18. The second-order valence-corrected chi connectivity index (χ2v) is 6.42. The Hall–Kier alpha value is -2.49. The van der Waals surface area contributed by atoms with E-state index in [1.165, 1.54) is 12.3 Å². The van der Waals surface area contributed by atoms with Crippen LogP contribution < -0.4 is 20.1 Å². The van der Waals surface area contributed by atoms with Gasteiger partial charge in [-0.05, 0) is 13.0 Å². The van der Waals surface area contributed by atoms with Crippen molar-refractivity contribution in [2.75, 3.05) is 18.4 Å². The van der Waals surface area contributed by atoms with Crippen LogP contribution in [-0.2, 0) is 0 Å². The van der Waals surface area contributed by atoms with Crippen LogP contribution in [0.4, 0.5) is 20.4 Å². The number of hydrogen-bond donors (Lipinski definition) is 3. The number of halogens is 2. The van der Waals surface area contributed by atoms with Crippen LogP contribution in [-0.4, -0.2) is 46.0 Å². The number of nitrogens with zero attached hydrogens (tertiary/aromatic N) is 3. The van der Waals surface area contributed by atoms with Crippen LogP contribution in [0.3, 0.4) is 0 Å². The third-order valence-electron chi connectivity index (χ3n) is 3.94. The topological polar surface area (TPSA) is 97.0 Å². The molecule has 1 saturated heterocycles. The number of rotatable bonds is 6. The van der Waals surface area contributed by atoms with E-state index in [9.17, 15) is 8.78 Å². The first-order valence-electron chi connectivity index (χ1n) is 7.89. The zero-order valence-corrected chi connectivity index (χ0v) is 13.9. The van der Waals surface area contributed by atoms with Crippen LogP contribution in [0.15, 0.2) is 18.5 Å². The van der Waals surface area contributed by atoms with E-state index in [0.717, 1.165) is 19.5 Å². The van der Waals surface area contributed by atoms with Gasteiger partial charge in [-0.1, -0.05) is 13.8 Å². The zero-order chi connectivity index (χ0) is 17.9. The molecule has 0 spiro atoms. The van der Waals surface area contributed by atoms with E-state index in [4.69, 9.17) is 4.74 Å². The third kappa shape index (κ3) is 4.53. The minimum atomic E-state index is -2.92. The smallest absolute Gasteiger partial charge is 0.388 e. The number of hydrogen-bond acceptors (Lipinski definition) is 7. The van der Waals surface area contributed by atoms with E-state index in [0.29, 0.717) is 11.7 Å². The summed E-state index contributed by atoms with van der Waals surface area (Å²) in [4.78, 5) is 8.43. The Morgan fingerprint density at radius 1 is 1.32 bits per heavy atom. The SMILES string of the molecule is CC1(C)CNCC[C@@H]1Oc1cncc(Nc2cc(OC(F)F)[nH]n2)n1. The lowest BCUT2D eigenvalue weighted by Crippen LogP contribution is -2.48. The molecular weight excluding hydrogens is 334 g/mol. The van der Waals surface area contributed by atoms with Crippen molar-refractivity contribution in [2.24, 2.45) is 5.41 Å². The van der Waals surface area contributed by atoms with Crippen molar-refractivity contribution in [3.05, 3.63) is 18.5 Å². The van der Waals surface area contributed by atoms with E-state index < -0.39 is 6.61 Å². The molecule has 3 rings (SSSR count). The van der Waals surface area contributed by atoms with Crippen molar-refractivity contribution in [1.29, 1.82) is 0 Å². The molecule has 25 heavy (non-hydrogen) atoms. The number of piperidine rings is 1. The lowest BCUT2D eigenvalue weighted by molar-refractivity contribution is -0.0528. The summed E-state index contributed by atoms with van der Waals surface area (Å²) in [5, 5.41) is 12.4. The fourth-order valence-corrected chi connectivity index (χ4v) is 2.63. The molecule has 3 heterocycles. The number of H-pyrrole nitrogens is 1. The number of alkyl halides is 2. The fourth-order valence-electron chi connectivity index (χ4n) is 2.63. The largest absolute Gasteiger partial charge is 0.473 e. The van der Waals surface area contributed by atoms with Gasteiger partial charge < -0.3 is 20.1 Å². The summed E-state index contributed by atoms with van der Waals surface area (Å²) in [5.74, 6) is 0.919. The van der Waals surface area contributed by atoms with Crippen LogP contribution >= 0.6 is 0 Å². The van der Waals surface area contributed by atoms with E-state index in [1.54, 1.807) is 6.20 Å². The molecular formula is C15H20F2N6O2. The lowest BCUT2D eigenvalue weighted by Gasteiger charge is -2.38. The Kier molecular flexibility index (Phi) is 4.98. The first-order chi connectivity index (χ1) is 11.9. The molecule has 2 aromatic heterocycles. The van der Waals surface area contributed by atoms with E-state index >= 15 is 0 Å². The highest BCUT2D eigenvalue weighted by Gasteiger charge is 2.34. The molecule has 10 heteroatoms. The van der Waals surface area contributed by atoms with Gasteiger partial charge >= 0.3 is 6.61 Å². The average molecular weight is 354 g/mol. The van der Waals surface area contributed by atoms with Crippen molar-refractivity contribution in [2.45, 2.75) is 33.0 Å². The number of anilines is 2. The quantitative estimate of drug-likeness (QED) is 0.732. The first kappa shape index (κ1) is 17.3. The summed E-state index contributed by atoms with van der Waals surface area (Å²) in [6.07, 6.45) is 3.93. The molecule has 1 aliphatic rings. The Labute approximate surface area is 143 Å². The molecule has 2 aromatic rings. The van der Waals surface area contributed by atoms with E-state index in [2.05, 4.69) is 49.4 Å². The van der Waals surface area contributed by atoms with Gasteiger partial charge in [0.25, 0.3) is 0 Å². The summed E-state index contributed by atoms with van der Waals surface area (Å²) in [6, 6.07) is 1.30. The molecule has 1 atom stereocenters. The minimum absolute atomic E-state index is 0.0208. The Morgan fingerprint density at radius 2 is 2.16 bits per heavy atom. The van der Waals surface area contributed by atoms with Gasteiger partial charge in [0.05, 0.1) is 12.4 Å². The summed E-state index contributed by atoms with van der Waals surface area (Å²) in [5.41, 5.74) is -0.0208. The monoisotopic (exact) mass is 354 g/mol. The third-order valence-corrected chi connectivity index (χ3v) is 3.94. The van der Waals surface area contributed by atoms with Gasteiger partial charge in [0.2, 0.25) is 11.8 Å². The zero-order valence-electron chi connectivity index (χ0n) is 13.9. The fraction of sp³-hybridized carbons (Fsp3) is 0.533. The number of nitrogens with one attached hydrogen (secondary N) is 3. The number of aromatic amines is 1. The molecule has 0 saturated carbocycles. The Balaban J connectivity index is 1.66. The molecule has 1 fully saturated rings. The highest BCUT2D eigenvalue weighted by molar-refractivity contribution is 5.51.